The molecular formula is C23H22N4O5. The Hall–Kier alpha value is -4.15. The summed E-state index contributed by atoms with van der Waals surface area (Å²) in [6, 6.07) is 11.9. The van der Waals surface area contributed by atoms with Gasteiger partial charge in [-0.1, -0.05) is 17.9 Å². The monoisotopic (exact) mass is 434 g/mol. The minimum atomic E-state index is -1.30. The lowest BCUT2D eigenvalue weighted by molar-refractivity contribution is -0.133. The smallest absolute Gasteiger partial charge is 0.268 e. The van der Waals surface area contributed by atoms with Crippen LogP contribution in [0.4, 0.5) is 5.69 Å². The molecule has 0 saturated heterocycles. The minimum Gasteiger partial charge on any atom is -0.391 e. The molecule has 2 aromatic rings. The molecule has 0 radical (unpaired) electrons. The third kappa shape index (κ3) is 7.27. The first-order valence-electron chi connectivity index (χ1n) is 9.49. The van der Waals surface area contributed by atoms with Crippen molar-refractivity contribution in [3.05, 3.63) is 65.2 Å². The van der Waals surface area contributed by atoms with Crippen LogP contribution in [0.1, 0.15) is 28.4 Å². The Morgan fingerprint density at radius 2 is 1.69 bits per heavy atom. The number of hydroxylamine groups is 1. The number of benzene rings is 2. The highest BCUT2D eigenvalue weighted by Crippen LogP contribution is 2.09. The SMILES string of the molecule is CC(O)C(NC(=O)c1ccc(C#CC#Cc2cccc(NC(=O)CN)c2)cc1)C(=O)NO. The number of aliphatic hydroxyl groups excluding tert-OH is 1. The quantitative estimate of drug-likeness (QED) is 0.213. The van der Waals surface area contributed by atoms with Crippen LogP contribution in [0.5, 0.6) is 0 Å². The number of hydrogen-bond donors (Lipinski definition) is 6. The number of aliphatic hydroxyl groups is 1. The van der Waals surface area contributed by atoms with Crippen LogP contribution in [-0.4, -0.2) is 46.7 Å². The predicted octanol–water partition coefficient (Wildman–Crippen LogP) is -0.0284. The molecule has 32 heavy (non-hydrogen) atoms. The maximum atomic E-state index is 12.2. The molecule has 3 amide bonds. The molecule has 9 heteroatoms. The number of hydrogen-bond acceptors (Lipinski definition) is 6. The minimum absolute atomic E-state index is 0.110. The van der Waals surface area contributed by atoms with Crippen LogP contribution in [0, 0.1) is 23.7 Å². The van der Waals surface area contributed by atoms with E-state index < -0.39 is 24.0 Å². The van der Waals surface area contributed by atoms with Gasteiger partial charge < -0.3 is 21.5 Å². The maximum Gasteiger partial charge on any atom is 0.268 e. The van der Waals surface area contributed by atoms with Crippen LogP contribution < -0.4 is 21.8 Å². The molecule has 2 unspecified atom stereocenters. The van der Waals surface area contributed by atoms with Gasteiger partial charge in [0, 0.05) is 22.4 Å². The Bertz CT molecular complexity index is 1100. The third-order valence-corrected chi connectivity index (χ3v) is 4.12. The average Bonchev–Trinajstić information content (AvgIpc) is 2.80. The van der Waals surface area contributed by atoms with Crippen molar-refractivity contribution in [1.29, 1.82) is 0 Å². The molecule has 0 saturated carbocycles. The summed E-state index contributed by atoms with van der Waals surface area (Å²) in [5.74, 6) is 9.31. The first-order chi connectivity index (χ1) is 15.3. The van der Waals surface area contributed by atoms with Gasteiger partial charge in [-0.15, -0.1) is 0 Å². The molecule has 0 heterocycles. The van der Waals surface area contributed by atoms with Gasteiger partial charge in [0.15, 0.2) is 0 Å². The summed E-state index contributed by atoms with van der Waals surface area (Å²) < 4.78 is 0. The van der Waals surface area contributed by atoms with Gasteiger partial charge in [0.2, 0.25) is 5.91 Å². The largest absolute Gasteiger partial charge is 0.391 e. The van der Waals surface area contributed by atoms with Crippen molar-refractivity contribution in [1.82, 2.24) is 10.8 Å². The predicted molar refractivity (Wildman–Crippen MR) is 117 cm³/mol. The number of rotatable bonds is 6. The Labute approximate surface area is 185 Å². The molecule has 2 rings (SSSR count). The lowest BCUT2D eigenvalue weighted by atomic mass is 10.1. The van der Waals surface area contributed by atoms with Gasteiger partial charge in [0.1, 0.15) is 6.04 Å². The lowest BCUT2D eigenvalue weighted by Crippen LogP contribution is -2.51. The number of amides is 3. The van der Waals surface area contributed by atoms with E-state index in [0.717, 1.165) is 0 Å². The summed E-state index contributed by atoms with van der Waals surface area (Å²) in [5, 5.41) is 23.3. The average molecular weight is 434 g/mol. The highest BCUT2D eigenvalue weighted by atomic mass is 16.5. The van der Waals surface area contributed by atoms with Crippen molar-refractivity contribution in [2.24, 2.45) is 5.73 Å². The number of anilines is 1. The number of nitrogens with two attached hydrogens (primary N) is 1. The summed E-state index contributed by atoms with van der Waals surface area (Å²) in [7, 11) is 0. The normalized spacial score (nSPS) is 11.5. The molecule has 9 nitrogen and oxygen atoms in total. The molecule has 0 bridgehead atoms. The van der Waals surface area contributed by atoms with Crippen molar-refractivity contribution in [3.63, 3.8) is 0 Å². The molecule has 0 aliphatic carbocycles. The molecular weight excluding hydrogens is 412 g/mol. The van der Waals surface area contributed by atoms with E-state index in [2.05, 4.69) is 34.3 Å². The van der Waals surface area contributed by atoms with Crippen LogP contribution >= 0.6 is 0 Å². The van der Waals surface area contributed by atoms with Crippen molar-refractivity contribution < 1.29 is 24.7 Å². The van der Waals surface area contributed by atoms with Crippen LogP contribution in [0.2, 0.25) is 0 Å². The highest BCUT2D eigenvalue weighted by molar-refractivity contribution is 5.97. The zero-order valence-electron chi connectivity index (χ0n) is 17.2. The summed E-state index contributed by atoms with van der Waals surface area (Å²) in [5.41, 5.74) is 8.78. The van der Waals surface area contributed by atoms with Gasteiger partial charge in [-0.25, -0.2) is 5.48 Å². The van der Waals surface area contributed by atoms with E-state index in [4.69, 9.17) is 10.9 Å². The van der Waals surface area contributed by atoms with E-state index in [1.54, 1.807) is 36.4 Å². The van der Waals surface area contributed by atoms with Gasteiger partial charge in [-0.3, -0.25) is 19.6 Å². The summed E-state index contributed by atoms with van der Waals surface area (Å²) in [4.78, 5) is 35.1. The Morgan fingerprint density at radius 1 is 1.03 bits per heavy atom. The molecule has 2 atom stereocenters. The van der Waals surface area contributed by atoms with Crippen LogP contribution in [0.15, 0.2) is 48.5 Å². The zero-order valence-corrected chi connectivity index (χ0v) is 17.2. The Balaban J connectivity index is 2.03. The van der Waals surface area contributed by atoms with Crippen molar-refractivity contribution in [3.8, 4) is 23.7 Å². The molecule has 0 fully saturated rings. The van der Waals surface area contributed by atoms with Gasteiger partial charge >= 0.3 is 0 Å². The van der Waals surface area contributed by atoms with E-state index in [0.29, 0.717) is 16.8 Å². The van der Waals surface area contributed by atoms with Crippen LogP contribution in [-0.2, 0) is 9.59 Å². The third-order valence-electron chi connectivity index (χ3n) is 4.12. The maximum absolute atomic E-state index is 12.2. The summed E-state index contributed by atoms with van der Waals surface area (Å²) in [6.07, 6.45) is -1.20. The second kappa shape index (κ2) is 11.9. The molecule has 0 spiro atoms. The number of nitrogens with one attached hydrogen (secondary N) is 3. The van der Waals surface area contributed by atoms with Gasteiger partial charge in [-0.05, 0) is 61.2 Å². The molecule has 7 N–H and O–H groups in total. The Kier molecular flexibility index (Phi) is 8.96. The molecule has 0 aromatic heterocycles. The standard InChI is InChI=1S/C23H22N4O5/c1-15(28)21(23(31)27-32)26-22(30)18-11-9-16(10-12-18)5-2-3-6-17-7-4-8-19(13-17)25-20(29)14-24/h4,7-13,15,21,28,32H,14,24H2,1H3,(H,25,29)(H,26,30)(H,27,31). The first kappa shape index (κ1) is 24.1. The fourth-order valence-corrected chi connectivity index (χ4v) is 2.50. The molecule has 2 aromatic carbocycles. The molecule has 0 aliphatic rings. The lowest BCUT2D eigenvalue weighted by Gasteiger charge is -2.19. The number of carbonyl (C=O) groups excluding carboxylic acids is 3. The fraction of sp³-hybridized carbons (Fsp3) is 0.174. The summed E-state index contributed by atoms with van der Waals surface area (Å²) >= 11 is 0. The van der Waals surface area contributed by atoms with Crippen LogP contribution in [0.25, 0.3) is 0 Å². The second-order valence-corrected chi connectivity index (χ2v) is 6.58. The van der Waals surface area contributed by atoms with Crippen LogP contribution in [0.3, 0.4) is 0 Å². The zero-order chi connectivity index (χ0) is 23.5. The van der Waals surface area contributed by atoms with E-state index in [-0.39, 0.29) is 18.0 Å². The van der Waals surface area contributed by atoms with Crippen molar-refractivity contribution in [2.45, 2.75) is 19.1 Å². The Morgan fingerprint density at radius 3 is 2.28 bits per heavy atom. The van der Waals surface area contributed by atoms with Gasteiger partial charge in [0.25, 0.3) is 11.8 Å². The van der Waals surface area contributed by atoms with Crippen molar-refractivity contribution >= 4 is 23.4 Å². The van der Waals surface area contributed by atoms with E-state index >= 15 is 0 Å². The number of carbonyl (C=O) groups is 3. The van der Waals surface area contributed by atoms with E-state index in [1.165, 1.54) is 24.5 Å². The topological polar surface area (TPSA) is 154 Å². The highest BCUT2D eigenvalue weighted by Gasteiger charge is 2.25. The molecule has 0 aliphatic heterocycles. The first-order valence-corrected chi connectivity index (χ1v) is 9.49. The fourth-order valence-electron chi connectivity index (χ4n) is 2.50. The van der Waals surface area contributed by atoms with Gasteiger partial charge in [-0.2, -0.15) is 0 Å². The van der Waals surface area contributed by atoms with E-state index in [9.17, 15) is 19.5 Å². The summed E-state index contributed by atoms with van der Waals surface area (Å²) in [6.45, 7) is 1.20. The van der Waals surface area contributed by atoms with Crippen molar-refractivity contribution in [2.75, 3.05) is 11.9 Å². The van der Waals surface area contributed by atoms with Gasteiger partial charge in [0.05, 0.1) is 12.6 Å². The molecule has 164 valence electrons. The van der Waals surface area contributed by atoms with E-state index in [1.807, 2.05) is 0 Å². The second-order valence-electron chi connectivity index (χ2n) is 6.58.